The van der Waals surface area contributed by atoms with Gasteiger partial charge in [0.1, 0.15) is 5.01 Å². The molecule has 1 N–H and O–H groups in total. The van der Waals surface area contributed by atoms with Gasteiger partial charge in [0.2, 0.25) is 0 Å². The molecule has 0 amide bonds. The van der Waals surface area contributed by atoms with E-state index in [9.17, 15) is 0 Å². The number of fused-ring (bicyclic) bond motifs is 1. The summed E-state index contributed by atoms with van der Waals surface area (Å²) < 4.78 is 2.36. The van der Waals surface area contributed by atoms with Crippen molar-refractivity contribution in [3.05, 3.63) is 57.5 Å². The number of nitrogens with one attached hydrogen (secondary N) is 1. The third-order valence-corrected chi connectivity index (χ3v) is 5.05. The van der Waals surface area contributed by atoms with E-state index >= 15 is 0 Å². The third kappa shape index (κ3) is 2.65. The number of aromatic nitrogens is 1. The normalized spacial score (nSPS) is 10.8. The molecule has 0 aliphatic rings. The van der Waals surface area contributed by atoms with E-state index in [1.54, 1.807) is 11.3 Å². The van der Waals surface area contributed by atoms with Gasteiger partial charge in [0, 0.05) is 10.2 Å². The van der Waals surface area contributed by atoms with E-state index in [1.165, 1.54) is 10.3 Å². The van der Waals surface area contributed by atoms with Gasteiger partial charge in [-0.15, -0.1) is 11.3 Å². The highest BCUT2D eigenvalue weighted by molar-refractivity contribution is 9.10. The highest BCUT2D eigenvalue weighted by Crippen LogP contribution is 2.27. The van der Waals surface area contributed by atoms with Crippen LogP contribution in [-0.4, -0.2) is 4.98 Å². The van der Waals surface area contributed by atoms with Crippen LogP contribution >= 0.6 is 27.3 Å². The lowest BCUT2D eigenvalue weighted by molar-refractivity contribution is 1.11. The standard InChI is InChI=1S/C15H13BrN2S/c1-10-5-4-7-12(15(10)16)17-9-14-18-11-6-2-3-8-13(11)19-14/h2-8,17H,9H2,1H3. The van der Waals surface area contributed by atoms with Gasteiger partial charge in [0.15, 0.2) is 0 Å². The Balaban J connectivity index is 1.80. The van der Waals surface area contributed by atoms with Crippen molar-refractivity contribution in [2.24, 2.45) is 0 Å². The number of rotatable bonds is 3. The summed E-state index contributed by atoms with van der Waals surface area (Å²) in [4.78, 5) is 4.62. The first-order chi connectivity index (χ1) is 9.24. The SMILES string of the molecule is Cc1cccc(NCc2nc3ccccc3s2)c1Br. The van der Waals surface area contributed by atoms with E-state index in [2.05, 4.69) is 69.6 Å². The molecule has 19 heavy (non-hydrogen) atoms. The Morgan fingerprint density at radius 3 is 2.84 bits per heavy atom. The molecule has 4 heteroatoms. The van der Waals surface area contributed by atoms with Crippen LogP contribution in [0.2, 0.25) is 0 Å². The van der Waals surface area contributed by atoms with Crippen molar-refractivity contribution in [2.45, 2.75) is 13.5 Å². The van der Waals surface area contributed by atoms with Crippen LogP contribution in [0.3, 0.4) is 0 Å². The number of anilines is 1. The molecule has 0 unspecified atom stereocenters. The van der Waals surface area contributed by atoms with Gasteiger partial charge in [0.05, 0.1) is 16.8 Å². The van der Waals surface area contributed by atoms with Crippen LogP contribution in [0.1, 0.15) is 10.6 Å². The third-order valence-electron chi connectivity index (χ3n) is 2.96. The second-order valence-electron chi connectivity index (χ2n) is 4.37. The Bertz CT molecular complexity index is 688. The van der Waals surface area contributed by atoms with Crippen LogP contribution in [0, 0.1) is 6.92 Å². The first kappa shape index (κ1) is 12.6. The van der Waals surface area contributed by atoms with Crippen LogP contribution < -0.4 is 5.32 Å². The van der Waals surface area contributed by atoms with Gasteiger partial charge in [0.25, 0.3) is 0 Å². The van der Waals surface area contributed by atoms with E-state index in [1.807, 2.05) is 6.07 Å². The number of hydrogen-bond donors (Lipinski definition) is 1. The van der Waals surface area contributed by atoms with E-state index < -0.39 is 0 Å². The minimum absolute atomic E-state index is 0.751. The van der Waals surface area contributed by atoms with Gasteiger partial charge in [-0.25, -0.2) is 4.98 Å². The molecule has 3 aromatic rings. The molecular weight excluding hydrogens is 320 g/mol. The van der Waals surface area contributed by atoms with Crippen LogP contribution in [0.4, 0.5) is 5.69 Å². The average Bonchev–Trinajstić information content (AvgIpc) is 2.83. The Morgan fingerprint density at radius 1 is 1.16 bits per heavy atom. The second kappa shape index (κ2) is 5.31. The summed E-state index contributed by atoms with van der Waals surface area (Å²) in [6.07, 6.45) is 0. The van der Waals surface area contributed by atoms with Gasteiger partial charge < -0.3 is 5.32 Å². The number of para-hydroxylation sites is 1. The molecule has 0 fully saturated rings. The van der Waals surface area contributed by atoms with Crippen LogP contribution in [-0.2, 0) is 6.54 Å². The fraction of sp³-hybridized carbons (Fsp3) is 0.133. The molecule has 0 saturated carbocycles. The predicted octanol–water partition coefficient (Wildman–Crippen LogP) is 4.98. The summed E-state index contributed by atoms with van der Waals surface area (Å²) in [5.41, 5.74) is 3.42. The summed E-state index contributed by atoms with van der Waals surface area (Å²) in [6.45, 7) is 2.84. The maximum absolute atomic E-state index is 4.62. The Hall–Kier alpha value is -1.39. The van der Waals surface area contributed by atoms with Crippen molar-refractivity contribution < 1.29 is 0 Å². The number of hydrogen-bond acceptors (Lipinski definition) is 3. The first-order valence-corrected chi connectivity index (χ1v) is 7.68. The summed E-state index contributed by atoms with van der Waals surface area (Å²) in [7, 11) is 0. The topological polar surface area (TPSA) is 24.9 Å². The molecule has 0 bridgehead atoms. The van der Waals surface area contributed by atoms with Crippen molar-refractivity contribution in [3.8, 4) is 0 Å². The lowest BCUT2D eigenvalue weighted by Gasteiger charge is -2.08. The second-order valence-corrected chi connectivity index (χ2v) is 6.27. The number of nitrogens with zero attached hydrogens (tertiary/aromatic N) is 1. The predicted molar refractivity (Wildman–Crippen MR) is 85.8 cm³/mol. The number of thiazole rings is 1. The zero-order valence-corrected chi connectivity index (χ0v) is 12.9. The van der Waals surface area contributed by atoms with E-state index in [0.29, 0.717) is 0 Å². The Morgan fingerprint density at radius 2 is 2.00 bits per heavy atom. The molecule has 1 heterocycles. The molecule has 0 radical (unpaired) electrons. The lowest BCUT2D eigenvalue weighted by Crippen LogP contribution is -1.99. The fourth-order valence-electron chi connectivity index (χ4n) is 1.95. The maximum Gasteiger partial charge on any atom is 0.113 e. The van der Waals surface area contributed by atoms with Crippen molar-refractivity contribution in [1.29, 1.82) is 0 Å². The molecule has 0 atom stereocenters. The van der Waals surface area contributed by atoms with Crippen molar-refractivity contribution in [2.75, 3.05) is 5.32 Å². The smallest absolute Gasteiger partial charge is 0.113 e. The average molecular weight is 333 g/mol. The minimum Gasteiger partial charge on any atom is -0.378 e. The molecular formula is C15H13BrN2S. The van der Waals surface area contributed by atoms with E-state index in [0.717, 1.165) is 27.2 Å². The van der Waals surface area contributed by atoms with Crippen LogP contribution in [0.5, 0.6) is 0 Å². The highest BCUT2D eigenvalue weighted by Gasteiger charge is 2.05. The number of aryl methyl sites for hydroxylation is 1. The molecule has 2 nitrogen and oxygen atoms in total. The summed E-state index contributed by atoms with van der Waals surface area (Å²) in [6, 6.07) is 14.5. The first-order valence-electron chi connectivity index (χ1n) is 6.07. The molecule has 1 aromatic heterocycles. The van der Waals surface area contributed by atoms with Crippen molar-refractivity contribution >= 4 is 43.2 Å². The van der Waals surface area contributed by atoms with E-state index in [4.69, 9.17) is 0 Å². The Kier molecular flexibility index (Phi) is 3.53. The molecule has 0 spiro atoms. The largest absolute Gasteiger partial charge is 0.378 e. The molecule has 96 valence electrons. The molecule has 0 aliphatic carbocycles. The molecule has 0 aliphatic heterocycles. The van der Waals surface area contributed by atoms with Crippen molar-refractivity contribution in [1.82, 2.24) is 4.98 Å². The molecule has 3 rings (SSSR count). The van der Waals surface area contributed by atoms with Gasteiger partial charge >= 0.3 is 0 Å². The number of halogens is 1. The van der Waals surface area contributed by atoms with Crippen molar-refractivity contribution in [3.63, 3.8) is 0 Å². The summed E-state index contributed by atoms with van der Waals surface area (Å²) in [5.74, 6) is 0. The van der Waals surface area contributed by atoms with Gasteiger partial charge in [-0.3, -0.25) is 0 Å². The monoisotopic (exact) mass is 332 g/mol. The van der Waals surface area contributed by atoms with Gasteiger partial charge in [-0.1, -0.05) is 24.3 Å². The summed E-state index contributed by atoms with van der Waals surface area (Å²) in [5, 5.41) is 4.54. The Labute approximate surface area is 124 Å². The van der Waals surface area contributed by atoms with Crippen LogP contribution in [0.15, 0.2) is 46.9 Å². The fourth-order valence-corrected chi connectivity index (χ4v) is 3.26. The van der Waals surface area contributed by atoms with E-state index in [-0.39, 0.29) is 0 Å². The number of benzene rings is 2. The summed E-state index contributed by atoms with van der Waals surface area (Å²) >= 11 is 5.35. The highest BCUT2D eigenvalue weighted by atomic mass is 79.9. The van der Waals surface area contributed by atoms with Gasteiger partial charge in [-0.05, 0) is 46.6 Å². The lowest BCUT2D eigenvalue weighted by atomic mass is 10.2. The minimum atomic E-state index is 0.751. The molecule has 0 saturated heterocycles. The zero-order chi connectivity index (χ0) is 13.2. The zero-order valence-electron chi connectivity index (χ0n) is 10.5. The molecule has 2 aromatic carbocycles. The van der Waals surface area contributed by atoms with Crippen LogP contribution in [0.25, 0.3) is 10.2 Å². The van der Waals surface area contributed by atoms with Gasteiger partial charge in [-0.2, -0.15) is 0 Å². The quantitative estimate of drug-likeness (QED) is 0.731. The maximum atomic E-state index is 4.62.